The molecule has 0 radical (unpaired) electrons. The number of imidazole rings is 1. The summed E-state index contributed by atoms with van der Waals surface area (Å²) in [4.78, 5) is 18.9. The zero-order valence-corrected chi connectivity index (χ0v) is 20.3. The highest BCUT2D eigenvalue weighted by Gasteiger charge is 2.50. The normalized spacial score (nSPS) is 22.5. The van der Waals surface area contributed by atoms with Gasteiger partial charge in [0, 0.05) is 43.4 Å². The maximum absolute atomic E-state index is 12.8. The quantitative estimate of drug-likeness (QED) is 0.403. The molecule has 12 nitrogen and oxygen atoms in total. The number of aromatic nitrogens is 6. The summed E-state index contributed by atoms with van der Waals surface area (Å²) in [5.74, 6) is 0.422. The molecule has 1 N–H and O–H groups in total. The number of carbonyl (C=O) groups is 1. The van der Waals surface area contributed by atoms with Gasteiger partial charge < -0.3 is 29.0 Å². The average Bonchev–Trinajstić information content (AvgIpc) is 3.71. The van der Waals surface area contributed by atoms with Crippen LogP contribution < -0.4 is 15.0 Å². The third-order valence-corrected chi connectivity index (χ3v) is 6.61. The highest BCUT2D eigenvalue weighted by Crippen LogP contribution is 2.36. The van der Waals surface area contributed by atoms with Crippen LogP contribution in [0.25, 0.3) is 5.69 Å². The Kier molecular flexibility index (Phi) is 6.02. The SMILES string of the molecule is CN(C)c1ccc(C(=O)NC2COC3C2OCC3n2nnnc2Oc2ccc(-n3ccnc3)cc2)cc1. The van der Waals surface area contributed by atoms with Gasteiger partial charge in [-0.15, -0.1) is 0 Å². The third-order valence-electron chi connectivity index (χ3n) is 6.61. The van der Waals surface area contributed by atoms with Crippen LogP contribution in [0.2, 0.25) is 0 Å². The number of carbonyl (C=O) groups excluding carboxylic acids is 1. The number of benzene rings is 2. The number of nitrogens with zero attached hydrogens (tertiary/aromatic N) is 7. The summed E-state index contributed by atoms with van der Waals surface area (Å²) in [7, 11) is 3.91. The number of ether oxygens (including phenoxy) is 3. The minimum Gasteiger partial charge on any atom is -0.423 e. The Morgan fingerprint density at radius 3 is 2.57 bits per heavy atom. The third kappa shape index (κ3) is 4.52. The van der Waals surface area contributed by atoms with Crippen molar-refractivity contribution in [3.63, 3.8) is 0 Å². The lowest BCUT2D eigenvalue weighted by Gasteiger charge is -2.18. The standard InChI is InChI=1S/C25H26N8O4/c1-31(2)17-5-3-16(4-6-17)24(34)27-20-13-35-23-21(14-36-22(20)23)33-25(28-29-30-33)37-19-9-7-18(8-10-19)32-12-11-26-15-32/h3-12,15,20-23H,13-14H2,1-2H3,(H,27,34). The number of fused-ring (bicyclic) bond motifs is 1. The molecule has 4 heterocycles. The van der Waals surface area contributed by atoms with Gasteiger partial charge in [0.15, 0.2) is 0 Å². The fraction of sp³-hybridized carbons (Fsp3) is 0.320. The minimum atomic E-state index is -0.323. The lowest BCUT2D eigenvalue weighted by atomic mass is 10.1. The molecular weight excluding hydrogens is 476 g/mol. The Bertz CT molecular complexity index is 1350. The summed E-state index contributed by atoms with van der Waals surface area (Å²) in [5.41, 5.74) is 2.56. The fourth-order valence-corrected chi connectivity index (χ4v) is 4.64. The van der Waals surface area contributed by atoms with Crippen molar-refractivity contribution in [1.82, 2.24) is 35.1 Å². The molecular formula is C25H26N8O4. The molecule has 0 spiro atoms. The molecule has 2 fully saturated rings. The van der Waals surface area contributed by atoms with Crippen molar-refractivity contribution in [2.75, 3.05) is 32.2 Å². The van der Waals surface area contributed by atoms with Crippen LogP contribution in [0.4, 0.5) is 5.69 Å². The van der Waals surface area contributed by atoms with Gasteiger partial charge in [-0.25, -0.2) is 4.98 Å². The summed E-state index contributed by atoms with van der Waals surface area (Å²) >= 11 is 0. The molecule has 4 unspecified atom stereocenters. The number of rotatable bonds is 7. The van der Waals surface area contributed by atoms with Crippen LogP contribution in [0, 0.1) is 0 Å². The van der Waals surface area contributed by atoms with Gasteiger partial charge in [0.25, 0.3) is 5.91 Å². The van der Waals surface area contributed by atoms with E-state index < -0.39 is 0 Å². The second-order valence-corrected chi connectivity index (χ2v) is 9.16. The molecule has 2 saturated heterocycles. The maximum atomic E-state index is 12.8. The largest absolute Gasteiger partial charge is 0.423 e. The first-order valence-electron chi connectivity index (χ1n) is 11.9. The van der Waals surface area contributed by atoms with E-state index in [4.69, 9.17) is 14.2 Å². The first-order valence-corrected chi connectivity index (χ1v) is 11.9. The monoisotopic (exact) mass is 502 g/mol. The summed E-state index contributed by atoms with van der Waals surface area (Å²) in [6, 6.07) is 14.6. The van der Waals surface area contributed by atoms with Crippen LogP contribution >= 0.6 is 0 Å². The van der Waals surface area contributed by atoms with Crippen molar-refractivity contribution in [1.29, 1.82) is 0 Å². The molecule has 2 aliphatic heterocycles. The average molecular weight is 503 g/mol. The van der Waals surface area contributed by atoms with E-state index in [1.807, 2.05) is 78.3 Å². The molecule has 12 heteroatoms. The molecule has 0 saturated carbocycles. The highest BCUT2D eigenvalue weighted by molar-refractivity contribution is 5.94. The van der Waals surface area contributed by atoms with E-state index in [1.165, 1.54) is 0 Å². The van der Waals surface area contributed by atoms with E-state index in [-0.39, 0.29) is 36.2 Å². The number of anilines is 1. The molecule has 0 aliphatic carbocycles. The maximum Gasteiger partial charge on any atom is 0.341 e. The molecule has 2 aromatic carbocycles. The topological polar surface area (TPSA) is 121 Å². The summed E-state index contributed by atoms with van der Waals surface area (Å²) in [6.45, 7) is 0.668. The number of tetrazole rings is 1. The summed E-state index contributed by atoms with van der Waals surface area (Å²) in [6.07, 6.45) is 4.67. The van der Waals surface area contributed by atoms with Crippen LogP contribution in [0.15, 0.2) is 67.3 Å². The molecule has 4 aromatic rings. The Labute approximate surface area is 212 Å². The van der Waals surface area contributed by atoms with E-state index in [0.29, 0.717) is 24.5 Å². The zero-order valence-electron chi connectivity index (χ0n) is 20.3. The molecule has 2 aromatic heterocycles. The lowest BCUT2D eigenvalue weighted by molar-refractivity contribution is 0.0606. The molecule has 37 heavy (non-hydrogen) atoms. The van der Waals surface area contributed by atoms with E-state index >= 15 is 0 Å². The second-order valence-electron chi connectivity index (χ2n) is 9.16. The van der Waals surface area contributed by atoms with Crippen molar-refractivity contribution >= 4 is 11.6 Å². The summed E-state index contributed by atoms with van der Waals surface area (Å²) < 4.78 is 21.6. The number of amides is 1. The van der Waals surface area contributed by atoms with E-state index in [0.717, 1.165) is 11.4 Å². The highest BCUT2D eigenvalue weighted by atomic mass is 16.6. The van der Waals surface area contributed by atoms with E-state index in [2.05, 4.69) is 25.8 Å². The van der Waals surface area contributed by atoms with Crippen LogP contribution in [0.3, 0.4) is 0 Å². The Morgan fingerprint density at radius 1 is 1.05 bits per heavy atom. The van der Waals surface area contributed by atoms with Crippen molar-refractivity contribution in [3.8, 4) is 17.4 Å². The second kappa shape index (κ2) is 9.64. The molecule has 0 bridgehead atoms. The molecule has 6 rings (SSSR count). The molecule has 2 aliphatic rings. The van der Waals surface area contributed by atoms with Gasteiger partial charge >= 0.3 is 6.01 Å². The smallest absolute Gasteiger partial charge is 0.341 e. The molecule has 1 amide bonds. The fourth-order valence-electron chi connectivity index (χ4n) is 4.64. The first-order chi connectivity index (χ1) is 18.1. The number of nitrogens with one attached hydrogen (secondary N) is 1. The van der Waals surface area contributed by atoms with Crippen LogP contribution in [-0.4, -0.2) is 81.2 Å². The van der Waals surface area contributed by atoms with Crippen LogP contribution in [-0.2, 0) is 9.47 Å². The van der Waals surface area contributed by atoms with E-state index in [9.17, 15) is 4.79 Å². The first kappa shape index (κ1) is 23.1. The number of hydrogen-bond acceptors (Lipinski definition) is 9. The Morgan fingerprint density at radius 2 is 1.84 bits per heavy atom. The van der Waals surface area contributed by atoms with Crippen LogP contribution in [0.1, 0.15) is 16.4 Å². The summed E-state index contributed by atoms with van der Waals surface area (Å²) in [5, 5.41) is 15.0. The van der Waals surface area contributed by atoms with Gasteiger partial charge in [-0.1, -0.05) is 5.10 Å². The van der Waals surface area contributed by atoms with Gasteiger partial charge in [-0.05, 0) is 59.0 Å². The minimum absolute atomic E-state index is 0.169. The van der Waals surface area contributed by atoms with Crippen molar-refractivity contribution in [2.24, 2.45) is 0 Å². The predicted octanol–water partition coefficient (Wildman–Crippen LogP) is 1.85. The number of hydrogen-bond donors (Lipinski definition) is 1. The van der Waals surface area contributed by atoms with Gasteiger partial charge in [-0.2, -0.15) is 4.68 Å². The van der Waals surface area contributed by atoms with Gasteiger partial charge in [0.2, 0.25) is 0 Å². The van der Waals surface area contributed by atoms with Crippen LogP contribution in [0.5, 0.6) is 11.8 Å². The molecule has 4 atom stereocenters. The molecule has 190 valence electrons. The Hall–Kier alpha value is -4.29. The van der Waals surface area contributed by atoms with Gasteiger partial charge in [0.1, 0.15) is 24.0 Å². The van der Waals surface area contributed by atoms with Crippen molar-refractivity contribution < 1.29 is 19.0 Å². The van der Waals surface area contributed by atoms with Crippen molar-refractivity contribution in [2.45, 2.75) is 24.3 Å². The lowest BCUT2D eigenvalue weighted by Crippen LogP contribution is -2.44. The van der Waals surface area contributed by atoms with Crippen molar-refractivity contribution in [3.05, 3.63) is 72.8 Å². The Balaban J connectivity index is 1.11. The van der Waals surface area contributed by atoms with E-state index in [1.54, 1.807) is 17.2 Å². The van der Waals surface area contributed by atoms with Gasteiger partial charge in [-0.3, -0.25) is 4.79 Å². The predicted molar refractivity (Wildman–Crippen MR) is 132 cm³/mol. The zero-order chi connectivity index (χ0) is 25.4. The van der Waals surface area contributed by atoms with Gasteiger partial charge in [0.05, 0.1) is 25.6 Å².